The summed E-state index contributed by atoms with van der Waals surface area (Å²) < 4.78 is 0. The van der Waals surface area contributed by atoms with Gasteiger partial charge in [-0.1, -0.05) is 18.2 Å². The number of imide groups is 1. The summed E-state index contributed by atoms with van der Waals surface area (Å²) in [5.74, 6) is -0.627. The predicted molar refractivity (Wildman–Crippen MR) is 68.5 cm³/mol. The zero-order valence-electron chi connectivity index (χ0n) is 10.1. The topological polar surface area (TPSA) is 63.4 Å². The van der Waals surface area contributed by atoms with E-state index in [1.807, 2.05) is 0 Å². The molecular formula is C13H16N2O2. The van der Waals surface area contributed by atoms with E-state index in [0.717, 1.165) is 4.90 Å². The van der Waals surface area contributed by atoms with Gasteiger partial charge in [0.2, 0.25) is 11.8 Å². The van der Waals surface area contributed by atoms with E-state index in [2.05, 4.69) is 6.58 Å². The molecule has 2 N–H and O–H groups in total. The number of nitrogens with two attached hydrogens (primary N) is 1. The van der Waals surface area contributed by atoms with E-state index < -0.39 is 0 Å². The largest absolute Gasteiger partial charge is 0.399 e. The van der Waals surface area contributed by atoms with Gasteiger partial charge in [-0.2, -0.15) is 0 Å². The second-order valence-corrected chi connectivity index (χ2v) is 3.98. The van der Waals surface area contributed by atoms with Crippen LogP contribution in [0.4, 0.5) is 11.4 Å². The van der Waals surface area contributed by atoms with Crippen LogP contribution in [0.15, 0.2) is 36.4 Å². The van der Waals surface area contributed by atoms with E-state index >= 15 is 0 Å². The molecule has 0 radical (unpaired) electrons. The van der Waals surface area contributed by atoms with E-state index in [9.17, 15) is 9.59 Å². The van der Waals surface area contributed by atoms with E-state index in [4.69, 9.17) is 5.73 Å². The van der Waals surface area contributed by atoms with Crippen LogP contribution in [0.3, 0.4) is 0 Å². The summed E-state index contributed by atoms with van der Waals surface area (Å²) in [6.45, 7) is 6.76. The molecule has 0 aliphatic heterocycles. The molecule has 0 saturated heterocycles. The second kappa shape index (κ2) is 5.30. The molecule has 0 aromatic heterocycles. The van der Waals surface area contributed by atoms with E-state index in [-0.39, 0.29) is 18.2 Å². The van der Waals surface area contributed by atoms with E-state index in [1.54, 1.807) is 31.2 Å². The van der Waals surface area contributed by atoms with Crippen LogP contribution in [0.1, 0.15) is 20.3 Å². The fourth-order valence-electron chi connectivity index (χ4n) is 1.50. The molecule has 0 fully saturated rings. The third kappa shape index (κ3) is 3.45. The van der Waals surface area contributed by atoms with Crippen molar-refractivity contribution in [3.05, 3.63) is 36.4 Å². The molecule has 4 heteroatoms. The van der Waals surface area contributed by atoms with Crippen molar-refractivity contribution in [2.24, 2.45) is 0 Å². The highest BCUT2D eigenvalue weighted by molar-refractivity contribution is 6.14. The van der Waals surface area contributed by atoms with Crippen molar-refractivity contribution in [3.63, 3.8) is 0 Å². The third-order valence-corrected chi connectivity index (χ3v) is 2.15. The molecule has 17 heavy (non-hydrogen) atoms. The quantitative estimate of drug-likeness (QED) is 0.641. The van der Waals surface area contributed by atoms with Gasteiger partial charge in [0, 0.05) is 19.0 Å². The first-order valence-corrected chi connectivity index (χ1v) is 5.25. The van der Waals surface area contributed by atoms with Gasteiger partial charge in [0.25, 0.3) is 0 Å². The predicted octanol–water partition coefficient (Wildman–Crippen LogP) is 2.11. The van der Waals surface area contributed by atoms with Gasteiger partial charge in [-0.15, -0.1) is 0 Å². The Morgan fingerprint density at radius 3 is 2.47 bits per heavy atom. The number of hydrogen-bond donors (Lipinski definition) is 1. The van der Waals surface area contributed by atoms with Crippen molar-refractivity contribution in [1.29, 1.82) is 0 Å². The van der Waals surface area contributed by atoms with Gasteiger partial charge in [0.1, 0.15) is 0 Å². The van der Waals surface area contributed by atoms with Crippen molar-refractivity contribution in [1.82, 2.24) is 0 Å². The average molecular weight is 232 g/mol. The molecule has 1 aromatic carbocycles. The van der Waals surface area contributed by atoms with Crippen molar-refractivity contribution in [2.75, 3.05) is 10.6 Å². The van der Waals surface area contributed by atoms with Gasteiger partial charge >= 0.3 is 0 Å². The molecule has 4 nitrogen and oxygen atoms in total. The Morgan fingerprint density at radius 1 is 1.35 bits per heavy atom. The molecule has 0 aliphatic carbocycles. The van der Waals surface area contributed by atoms with E-state index in [1.165, 1.54) is 6.92 Å². The Morgan fingerprint density at radius 2 is 2.00 bits per heavy atom. The maximum absolute atomic E-state index is 11.9. The van der Waals surface area contributed by atoms with Gasteiger partial charge in [0.15, 0.2) is 0 Å². The minimum atomic E-state index is -0.332. The summed E-state index contributed by atoms with van der Waals surface area (Å²) in [6.07, 6.45) is 0.147. The first-order valence-electron chi connectivity index (χ1n) is 5.25. The molecule has 0 heterocycles. The van der Waals surface area contributed by atoms with Gasteiger partial charge < -0.3 is 5.73 Å². The van der Waals surface area contributed by atoms with Crippen molar-refractivity contribution in [3.8, 4) is 0 Å². The van der Waals surface area contributed by atoms with Crippen molar-refractivity contribution < 1.29 is 9.59 Å². The zero-order valence-corrected chi connectivity index (χ0v) is 10.1. The summed E-state index contributed by atoms with van der Waals surface area (Å²) >= 11 is 0. The van der Waals surface area contributed by atoms with Crippen molar-refractivity contribution in [2.45, 2.75) is 20.3 Å². The summed E-state index contributed by atoms with van der Waals surface area (Å²) in [7, 11) is 0. The smallest absolute Gasteiger partial charge is 0.237 e. The van der Waals surface area contributed by atoms with Crippen LogP contribution in [-0.2, 0) is 9.59 Å². The number of rotatable bonds is 3. The standard InChI is InChI=1S/C13H16N2O2/c1-9(2)7-13(17)15(10(3)16)12-6-4-5-11(14)8-12/h4-6,8H,1,7,14H2,2-3H3. The highest BCUT2D eigenvalue weighted by Gasteiger charge is 2.19. The van der Waals surface area contributed by atoms with Crippen LogP contribution in [0, 0.1) is 0 Å². The summed E-state index contributed by atoms with van der Waals surface area (Å²) in [5, 5.41) is 0. The van der Waals surface area contributed by atoms with Crippen LogP contribution in [0.2, 0.25) is 0 Å². The second-order valence-electron chi connectivity index (χ2n) is 3.98. The van der Waals surface area contributed by atoms with Crippen LogP contribution < -0.4 is 10.6 Å². The number of benzene rings is 1. The Hall–Kier alpha value is -2.10. The zero-order chi connectivity index (χ0) is 13.0. The Labute approximate surface area is 101 Å². The van der Waals surface area contributed by atoms with E-state index in [0.29, 0.717) is 16.9 Å². The van der Waals surface area contributed by atoms with Crippen LogP contribution >= 0.6 is 0 Å². The fourth-order valence-corrected chi connectivity index (χ4v) is 1.50. The molecule has 0 atom stereocenters. The Bertz CT molecular complexity index is 466. The van der Waals surface area contributed by atoms with Gasteiger partial charge in [0.05, 0.1) is 5.69 Å². The molecule has 0 spiro atoms. The number of anilines is 2. The first kappa shape index (κ1) is 13.0. The summed E-state index contributed by atoms with van der Waals surface area (Å²) in [6, 6.07) is 6.67. The lowest BCUT2D eigenvalue weighted by Gasteiger charge is -2.19. The molecule has 2 amide bonds. The molecular weight excluding hydrogens is 216 g/mol. The van der Waals surface area contributed by atoms with Crippen LogP contribution in [0.25, 0.3) is 0 Å². The SMILES string of the molecule is C=C(C)CC(=O)N(C(C)=O)c1cccc(N)c1. The Kier molecular flexibility index (Phi) is 4.04. The molecule has 0 unspecified atom stereocenters. The van der Waals surface area contributed by atoms with Gasteiger partial charge in [-0.05, 0) is 25.1 Å². The molecule has 0 aliphatic rings. The van der Waals surface area contributed by atoms with Crippen LogP contribution in [0.5, 0.6) is 0 Å². The van der Waals surface area contributed by atoms with Crippen molar-refractivity contribution >= 4 is 23.2 Å². The number of carbonyl (C=O) groups is 2. The number of nitrogens with zero attached hydrogens (tertiary/aromatic N) is 1. The molecule has 1 rings (SSSR count). The molecule has 90 valence electrons. The fraction of sp³-hybridized carbons (Fsp3) is 0.231. The minimum Gasteiger partial charge on any atom is -0.399 e. The average Bonchev–Trinajstić information content (AvgIpc) is 2.15. The number of hydrogen-bond acceptors (Lipinski definition) is 3. The molecule has 1 aromatic rings. The first-order chi connectivity index (χ1) is 7.91. The highest BCUT2D eigenvalue weighted by atomic mass is 16.2. The minimum absolute atomic E-state index is 0.147. The lowest BCUT2D eigenvalue weighted by atomic mass is 10.2. The maximum atomic E-state index is 11.9. The highest BCUT2D eigenvalue weighted by Crippen LogP contribution is 2.19. The molecule has 0 bridgehead atoms. The van der Waals surface area contributed by atoms with Gasteiger partial charge in [-0.3, -0.25) is 14.5 Å². The summed E-state index contributed by atoms with van der Waals surface area (Å²) in [5.41, 5.74) is 7.34. The summed E-state index contributed by atoms with van der Waals surface area (Å²) in [4.78, 5) is 24.5. The monoisotopic (exact) mass is 232 g/mol. The van der Waals surface area contributed by atoms with Crippen LogP contribution in [-0.4, -0.2) is 11.8 Å². The number of nitrogen functional groups attached to an aromatic ring is 1. The van der Waals surface area contributed by atoms with Gasteiger partial charge in [-0.25, -0.2) is 0 Å². The lowest BCUT2D eigenvalue weighted by Crippen LogP contribution is -2.35. The maximum Gasteiger partial charge on any atom is 0.237 e. The number of amides is 2. The normalized spacial score (nSPS) is 9.76. The Balaban J connectivity index is 3.05. The third-order valence-electron chi connectivity index (χ3n) is 2.15. The number of carbonyl (C=O) groups excluding carboxylic acids is 2. The lowest BCUT2D eigenvalue weighted by molar-refractivity contribution is -0.125. The molecule has 0 saturated carbocycles.